The Balaban J connectivity index is 1.91. The van der Waals surface area contributed by atoms with Crippen molar-refractivity contribution in [2.24, 2.45) is 5.92 Å². The third kappa shape index (κ3) is 4.48. The van der Waals surface area contributed by atoms with E-state index < -0.39 is 0 Å². The standard InChI is InChI=1S/C17H29N3/c1-4-9-18-15-8-10-19-16(12-15)13-20(3)17-7-5-6-14(2)11-17/h8,10,12,14,17H,4-7,9,11,13H2,1-3H3,(H,18,19). The zero-order valence-corrected chi connectivity index (χ0v) is 13.2. The molecule has 2 rings (SSSR count). The van der Waals surface area contributed by atoms with Crippen LogP contribution in [0.5, 0.6) is 0 Å². The third-order valence-corrected chi connectivity index (χ3v) is 4.34. The van der Waals surface area contributed by atoms with E-state index in [1.165, 1.54) is 37.1 Å². The molecule has 2 atom stereocenters. The number of nitrogens with one attached hydrogen (secondary N) is 1. The molecule has 0 saturated heterocycles. The van der Waals surface area contributed by atoms with E-state index in [1.54, 1.807) is 0 Å². The van der Waals surface area contributed by atoms with Crippen molar-refractivity contribution in [3.8, 4) is 0 Å². The van der Waals surface area contributed by atoms with Crippen LogP contribution in [0.3, 0.4) is 0 Å². The van der Waals surface area contributed by atoms with Gasteiger partial charge in [-0.2, -0.15) is 0 Å². The van der Waals surface area contributed by atoms with Crippen LogP contribution in [0.15, 0.2) is 18.3 Å². The third-order valence-electron chi connectivity index (χ3n) is 4.34. The first-order valence-electron chi connectivity index (χ1n) is 8.08. The minimum atomic E-state index is 0.729. The van der Waals surface area contributed by atoms with Gasteiger partial charge >= 0.3 is 0 Å². The van der Waals surface area contributed by atoms with Gasteiger partial charge in [-0.3, -0.25) is 9.88 Å². The Morgan fingerprint density at radius 2 is 2.25 bits per heavy atom. The number of nitrogens with zero attached hydrogens (tertiary/aromatic N) is 2. The second kappa shape index (κ2) is 7.63. The van der Waals surface area contributed by atoms with Gasteiger partial charge < -0.3 is 5.32 Å². The Kier molecular flexibility index (Phi) is 5.84. The summed E-state index contributed by atoms with van der Waals surface area (Å²) in [6.45, 7) is 6.55. The number of hydrogen-bond acceptors (Lipinski definition) is 3. The SMILES string of the molecule is CCCNc1ccnc(CN(C)C2CCCC(C)C2)c1. The highest BCUT2D eigenvalue weighted by atomic mass is 15.1. The number of rotatable bonds is 6. The molecule has 2 unspecified atom stereocenters. The van der Waals surface area contributed by atoms with Gasteiger partial charge in [-0.1, -0.05) is 26.7 Å². The van der Waals surface area contributed by atoms with E-state index in [0.29, 0.717) is 0 Å². The van der Waals surface area contributed by atoms with E-state index >= 15 is 0 Å². The highest BCUT2D eigenvalue weighted by Crippen LogP contribution is 2.27. The Bertz CT molecular complexity index is 405. The lowest BCUT2D eigenvalue weighted by molar-refractivity contribution is 0.156. The molecule has 0 bridgehead atoms. The van der Waals surface area contributed by atoms with Crippen LogP contribution in [0.4, 0.5) is 5.69 Å². The summed E-state index contributed by atoms with van der Waals surface area (Å²) in [5.41, 5.74) is 2.37. The van der Waals surface area contributed by atoms with Crippen LogP contribution in [-0.2, 0) is 6.54 Å². The summed E-state index contributed by atoms with van der Waals surface area (Å²) >= 11 is 0. The fraction of sp³-hybridized carbons (Fsp3) is 0.706. The maximum absolute atomic E-state index is 4.52. The van der Waals surface area contributed by atoms with Crippen molar-refractivity contribution >= 4 is 5.69 Å². The highest BCUT2D eigenvalue weighted by molar-refractivity contribution is 5.43. The van der Waals surface area contributed by atoms with Crippen LogP contribution >= 0.6 is 0 Å². The van der Waals surface area contributed by atoms with Crippen molar-refractivity contribution in [3.63, 3.8) is 0 Å². The van der Waals surface area contributed by atoms with E-state index in [9.17, 15) is 0 Å². The van der Waals surface area contributed by atoms with Gasteiger partial charge in [0.25, 0.3) is 0 Å². The quantitative estimate of drug-likeness (QED) is 0.853. The molecule has 0 amide bonds. The molecule has 1 aliphatic carbocycles. The molecule has 20 heavy (non-hydrogen) atoms. The van der Waals surface area contributed by atoms with Crippen LogP contribution in [-0.4, -0.2) is 29.5 Å². The summed E-state index contributed by atoms with van der Waals surface area (Å²) in [6, 6.07) is 4.98. The summed E-state index contributed by atoms with van der Waals surface area (Å²) < 4.78 is 0. The Hall–Kier alpha value is -1.09. The van der Waals surface area contributed by atoms with Gasteiger partial charge in [-0.15, -0.1) is 0 Å². The molecule has 0 radical (unpaired) electrons. The molecule has 3 nitrogen and oxygen atoms in total. The van der Waals surface area contributed by atoms with Crippen LogP contribution in [0, 0.1) is 5.92 Å². The average molecular weight is 275 g/mol. The molecule has 0 aliphatic heterocycles. The van der Waals surface area contributed by atoms with Gasteiger partial charge in [-0.25, -0.2) is 0 Å². The second-order valence-electron chi connectivity index (χ2n) is 6.30. The number of pyridine rings is 1. The molecule has 1 aromatic rings. The van der Waals surface area contributed by atoms with Crippen molar-refractivity contribution < 1.29 is 0 Å². The summed E-state index contributed by atoms with van der Waals surface area (Å²) in [7, 11) is 2.25. The van der Waals surface area contributed by atoms with Crippen LogP contribution < -0.4 is 5.32 Å². The Morgan fingerprint density at radius 3 is 3.00 bits per heavy atom. The average Bonchev–Trinajstić information content (AvgIpc) is 2.45. The maximum Gasteiger partial charge on any atom is 0.0564 e. The molecule has 1 aliphatic rings. The largest absolute Gasteiger partial charge is 0.385 e. The van der Waals surface area contributed by atoms with Gasteiger partial charge in [-0.05, 0) is 44.4 Å². The number of aromatic nitrogens is 1. The lowest BCUT2D eigenvalue weighted by Gasteiger charge is -2.34. The fourth-order valence-corrected chi connectivity index (χ4v) is 3.13. The smallest absolute Gasteiger partial charge is 0.0564 e. The Labute approximate surface area is 123 Å². The predicted molar refractivity (Wildman–Crippen MR) is 85.9 cm³/mol. The first kappa shape index (κ1) is 15.3. The zero-order valence-electron chi connectivity index (χ0n) is 13.2. The van der Waals surface area contributed by atoms with Crippen molar-refractivity contribution in [2.45, 2.75) is 58.5 Å². The van der Waals surface area contributed by atoms with Gasteiger partial charge in [0.1, 0.15) is 0 Å². The van der Waals surface area contributed by atoms with Gasteiger partial charge in [0.2, 0.25) is 0 Å². The van der Waals surface area contributed by atoms with Crippen LogP contribution in [0.2, 0.25) is 0 Å². The molecule has 1 fully saturated rings. The van der Waals surface area contributed by atoms with E-state index in [0.717, 1.165) is 31.5 Å². The molecule has 112 valence electrons. The fourth-order valence-electron chi connectivity index (χ4n) is 3.13. The normalized spacial score (nSPS) is 23.0. The Morgan fingerprint density at radius 1 is 1.40 bits per heavy atom. The van der Waals surface area contributed by atoms with E-state index in [-0.39, 0.29) is 0 Å². The zero-order chi connectivity index (χ0) is 14.4. The number of anilines is 1. The predicted octanol–water partition coefficient (Wildman–Crippen LogP) is 3.91. The van der Waals surface area contributed by atoms with Crippen molar-refractivity contribution in [1.82, 2.24) is 9.88 Å². The molecular weight excluding hydrogens is 246 g/mol. The van der Waals surface area contributed by atoms with Gasteiger partial charge in [0.15, 0.2) is 0 Å². The van der Waals surface area contributed by atoms with Crippen LogP contribution in [0.1, 0.15) is 51.6 Å². The molecular formula is C17H29N3. The molecule has 0 aromatic carbocycles. The molecule has 1 aromatic heterocycles. The topological polar surface area (TPSA) is 28.2 Å². The first-order valence-corrected chi connectivity index (χ1v) is 8.08. The van der Waals surface area contributed by atoms with Gasteiger partial charge in [0, 0.05) is 31.0 Å². The summed E-state index contributed by atoms with van der Waals surface area (Å²) in [4.78, 5) is 7.01. The summed E-state index contributed by atoms with van der Waals surface area (Å²) in [5.74, 6) is 0.877. The lowest BCUT2D eigenvalue weighted by atomic mass is 9.86. The first-order chi connectivity index (χ1) is 9.69. The lowest BCUT2D eigenvalue weighted by Crippen LogP contribution is -2.35. The van der Waals surface area contributed by atoms with Gasteiger partial charge in [0.05, 0.1) is 5.69 Å². The van der Waals surface area contributed by atoms with E-state index in [4.69, 9.17) is 0 Å². The van der Waals surface area contributed by atoms with Crippen LogP contribution in [0.25, 0.3) is 0 Å². The molecule has 0 spiro atoms. The second-order valence-corrected chi connectivity index (χ2v) is 6.30. The van der Waals surface area contributed by atoms with Crippen molar-refractivity contribution in [3.05, 3.63) is 24.0 Å². The monoisotopic (exact) mass is 275 g/mol. The van der Waals surface area contributed by atoms with Crippen molar-refractivity contribution in [2.75, 3.05) is 18.9 Å². The van der Waals surface area contributed by atoms with Crippen molar-refractivity contribution in [1.29, 1.82) is 0 Å². The summed E-state index contributed by atoms with van der Waals surface area (Å²) in [5, 5.41) is 3.44. The highest BCUT2D eigenvalue weighted by Gasteiger charge is 2.22. The summed E-state index contributed by atoms with van der Waals surface area (Å²) in [6.07, 6.45) is 8.53. The van der Waals surface area contributed by atoms with E-state index in [1.807, 2.05) is 6.20 Å². The minimum Gasteiger partial charge on any atom is -0.385 e. The van der Waals surface area contributed by atoms with E-state index in [2.05, 4.69) is 48.2 Å². The molecule has 3 heteroatoms. The number of hydrogen-bond donors (Lipinski definition) is 1. The molecule has 1 saturated carbocycles. The molecule has 1 N–H and O–H groups in total. The maximum atomic E-state index is 4.52. The minimum absolute atomic E-state index is 0.729. The molecule has 1 heterocycles.